The average Bonchev–Trinajstić information content (AvgIpc) is 3.56. The third-order valence-electron chi connectivity index (χ3n) is 4.95. The van der Waals surface area contributed by atoms with Crippen molar-refractivity contribution in [2.24, 2.45) is 0 Å². The molecule has 0 saturated heterocycles. The van der Waals surface area contributed by atoms with Gasteiger partial charge in [-0.2, -0.15) is 5.26 Å². The van der Waals surface area contributed by atoms with Crippen LogP contribution < -0.4 is 0 Å². The number of para-hydroxylation sites is 1. The number of benzene rings is 2. The van der Waals surface area contributed by atoms with Crippen LogP contribution in [0.2, 0.25) is 0 Å². The molecule has 160 valence electrons. The van der Waals surface area contributed by atoms with Crippen LogP contribution in [-0.4, -0.2) is 26.5 Å². The van der Waals surface area contributed by atoms with E-state index in [1.165, 1.54) is 23.1 Å². The van der Waals surface area contributed by atoms with Gasteiger partial charge in [0.15, 0.2) is 23.3 Å². The van der Waals surface area contributed by atoms with Crippen LogP contribution in [0.15, 0.2) is 87.8 Å². The third-order valence-corrected chi connectivity index (χ3v) is 6.87. The summed E-state index contributed by atoms with van der Waals surface area (Å²) < 4.78 is 5.45. The van der Waals surface area contributed by atoms with Crippen molar-refractivity contribution in [3.05, 3.63) is 83.4 Å². The first kappa shape index (κ1) is 21.1. The molecule has 6 nitrogen and oxygen atoms in total. The zero-order chi connectivity index (χ0) is 22.6. The van der Waals surface area contributed by atoms with Gasteiger partial charge in [0.2, 0.25) is 0 Å². The van der Waals surface area contributed by atoms with Crippen LogP contribution in [0.1, 0.15) is 10.9 Å². The molecule has 0 aliphatic rings. The van der Waals surface area contributed by atoms with Crippen LogP contribution in [0.4, 0.5) is 0 Å². The highest BCUT2D eigenvalue weighted by atomic mass is 32.2. The van der Waals surface area contributed by atoms with Crippen molar-refractivity contribution in [1.29, 1.82) is 5.26 Å². The van der Waals surface area contributed by atoms with E-state index >= 15 is 0 Å². The molecule has 8 heteroatoms. The van der Waals surface area contributed by atoms with Gasteiger partial charge in [-0.1, -0.05) is 60.3 Å². The zero-order valence-electron chi connectivity index (χ0n) is 17.2. The van der Waals surface area contributed by atoms with Crippen molar-refractivity contribution in [3.63, 3.8) is 0 Å². The van der Waals surface area contributed by atoms with Gasteiger partial charge in [-0.05, 0) is 18.2 Å². The van der Waals surface area contributed by atoms with Gasteiger partial charge in [0.25, 0.3) is 0 Å². The van der Waals surface area contributed by atoms with E-state index in [9.17, 15) is 10.1 Å². The number of thioether (sulfide) groups is 1. The Labute approximate surface area is 198 Å². The molecular weight excluding hydrogens is 452 g/mol. The molecule has 5 aromatic rings. The molecule has 1 atom stereocenters. The Morgan fingerprint density at radius 2 is 1.85 bits per heavy atom. The summed E-state index contributed by atoms with van der Waals surface area (Å²) in [7, 11) is 0. The Bertz CT molecular complexity index is 1460. The lowest BCUT2D eigenvalue weighted by Gasteiger charge is -2.08. The first-order chi connectivity index (χ1) is 16.2. The van der Waals surface area contributed by atoms with Gasteiger partial charge in [-0.15, -0.1) is 11.3 Å². The summed E-state index contributed by atoms with van der Waals surface area (Å²) in [6.45, 7) is 0. The van der Waals surface area contributed by atoms with Gasteiger partial charge in [0.1, 0.15) is 10.0 Å². The second-order valence-electron chi connectivity index (χ2n) is 7.10. The van der Waals surface area contributed by atoms with Crippen molar-refractivity contribution in [2.45, 2.75) is 10.9 Å². The second kappa shape index (κ2) is 9.36. The van der Waals surface area contributed by atoms with E-state index in [0.29, 0.717) is 21.6 Å². The number of carbonyl (C=O) groups excluding carboxylic acids is 1. The van der Waals surface area contributed by atoms with E-state index in [2.05, 4.69) is 21.0 Å². The molecule has 3 aromatic heterocycles. The molecule has 0 aliphatic carbocycles. The third kappa shape index (κ3) is 4.42. The summed E-state index contributed by atoms with van der Waals surface area (Å²) in [6, 6.07) is 23.0. The Balaban J connectivity index is 1.38. The Morgan fingerprint density at radius 3 is 2.64 bits per heavy atom. The van der Waals surface area contributed by atoms with E-state index < -0.39 is 5.92 Å². The molecule has 0 spiro atoms. The molecular formula is C25H16N4O2S2. The Morgan fingerprint density at radius 1 is 1.03 bits per heavy atom. The molecule has 0 N–H and O–H groups in total. The quantitative estimate of drug-likeness (QED) is 0.214. The van der Waals surface area contributed by atoms with Gasteiger partial charge in [-0.25, -0.2) is 15.0 Å². The van der Waals surface area contributed by atoms with Crippen LogP contribution in [0.3, 0.4) is 0 Å². The number of thiazole rings is 1. The normalized spacial score (nSPS) is 11.8. The maximum atomic E-state index is 13.0. The molecule has 1 unspecified atom stereocenters. The number of nitrogens with zero attached hydrogens (tertiary/aromatic N) is 4. The average molecular weight is 469 g/mol. The predicted molar refractivity (Wildman–Crippen MR) is 129 cm³/mol. The lowest BCUT2D eigenvalue weighted by Crippen LogP contribution is -2.13. The first-order valence-corrected chi connectivity index (χ1v) is 12.0. The largest absolute Gasteiger partial charge is 0.461 e. The summed E-state index contributed by atoms with van der Waals surface area (Å²) >= 11 is 2.62. The van der Waals surface area contributed by atoms with Crippen LogP contribution in [-0.2, 0) is 4.79 Å². The van der Waals surface area contributed by atoms with E-state index in [1.807, 2.05) is 60.0 Å². The van der Waals surface area contributed by atoms with Gasteiger partial charge in [0.05, 0.1) is 29.3 Å². The summed E-state index contributed by atoms with van der Waals surface area (Å²) in [5.41, 5.74) is 2.48. The molecule has 0 saturated carbocycles. The molecule has 0 amide bonds. The summed E-state index contributed by atoms with van der Waals surface area (Å²) in [4.78, 5) is 26.8. The number of carbonyl (C=O) groups is 1. The zero-order valence-corrected chi connectivity index (χ0v) is 18.8. The van der Waals surface area contributed by atoms with Crippen LogP contribution in [0.5, 0.6) is 0 Å². The number of rotatable bonds is 7. The van der Waals surface area contributed by atoms with Crippen molar-refractivity contribution >= 4 is 39.8 Å². The monoisotopic (exact) mass is 468 g/mol. The summed E-state index contributed by atoms with van der Waals surface area (Å²) in [5, 5.41) is 13.6. The number of hydrogen-bond donors (Lipinski definition) is 0. The van der Waals surface area contributed by atoms with Gasteiger partial charge in [0, 0.05) is 16.3 Å². The van der Waals surface area contributed by atoms with Gasteiger partial charge >= 0.3 is 0 Å². The number of fused-ring (bicyclic) bond motifs is 1. The van der Waals surface area contributed by atoms with Crippen LogP contribution >= 0.6 is 23.1 Å². The minimum absolute atomic E-state index is 0.0943. The highest BCUT2D eigenvalue weighted by molar-refractivity contribution is 8.00. The molecule has 0 fully saturated rings. The maximum absolute atomic E-state index is 13.0. The molecule has 0 radical (unpaired) electrons. The summed E-state index contributed by atoms with van der Waals surface area (Å²) in [6.07, 6.45) is 1.57. The van der Waals surface area contributed by atoms with E-state index in [1.54, 1.807) is 18.4 Å². The molecule has 2 aromatic carbocycles. The van der Waals surface area contributed by atoms with Crippen molar-refractivity contribution in [2.75, 3.05) is 5.75 Å². The minimum Gasteiger partial charge on any atom is -0.461 e. The predicted octanol–water partition coefficient (Wildman–Crippen LogP) is 5.98. The SMILES string of the molecule is N#CC(C(=O)CSc1nc(-c2ccco2)nc2ccccc12)c1nc(-c2ccccc2)cs1. The van der Waals surface area contributed by atoms with Crippen molar-refractivity contribution in [1.82, 2.24) is 15.0 Å². The standard InChI is InChI=1S/C25H16N4O2S2/c26-13-18(25-28-20(14-32-25)16-7-2-1-3-8-16)21(30)15-33-24-17-9-4-5-10-19(17)27-23(29-24)22-11-6-12-31-22/h1-12,14,18H,15H2. The fourth-order valence-corrected chi connectivity index (χ4v) is 5.14. The number of furan rings is 1. The lowest BCUT2D eigenvalue weighted by atomic mass is 10.1. The highest BCUT2D eigenvalue weighted by Gasteiger charge is 2.24. The smallest absolute Gasteiger partial charge is 0.197 e. The minimum atomic E-state index is -0.919. The van der Waals surface area contributed by atoms with Crippen molar-refractivity contribution < 1.29 is 9.21 Å². The van der Waals surface area contributed by atoms with Crippen LogP contribution in [0.25, 0.3) is 33.7 Å². The maximum Gasteiger partial charge on any atom is 0.197 e. The number of hydrogen-bond acceptors (Lipinski definition) is 8. The summed E-state index contributed by atoms with van der Waals surface area (Å²) in [5.74, 6) is -0.0221. The molecule has 5 rings (SSSR count). The molecule has 0 aliphatic heterocycles. The molecule has 3 heterocycles. The van der Waals surface area contributed by atoms with E-state index in [0.717, 1.165) is 22.2 Å². The molecule has 0 bridgehead atoms. The van der Waals surface area contributed by atoms with E-state index in [-0.39, 0.29) is 11.5 Å². The van der Waals surface area contributed by atoms with Gasteiger partial charge in [-0.3, -0.25) is 4.79 Å². The Hall–Kier alpha value is -3.80. The van der Waals surface area contributed by atoms with Crippen molar-refractivity contribution in [3.8, 4) is 28.9 Å². The number of ketones is 1. The number of nitriles is 1. The topological polar surface area (TPSA) is 92.7 Å². The first-order valence-electron chi connectivity index (χ1n) is 10.1. The molecule has 33 heavy (non-hydrogen) atoms. The second-order valence-corrected chi connectivity index (χ2v) is 8.95. The Kier molecular flexibility index (Phi) is 5.98. The highest BCUT2D eigenvalue weighted by Crippen LogP contribution is 2.31. The fourth-order valence-electron chi connectivity index (χ4n) is 3.32. The lowest BCUT2D eigenvalue weighted by molar-refractivity contribution is -0.116. The number of Topliss-reactive ketones (excluding diaryl/α,β-unsaturated/α-hetero) is 1. The fraction of sp³-hybridized carbons (Fsp3) is 0.0800. The van der Waals surface area contributed by atoms with E-state index in [4.69, 9.17) is 4.42 Å². The number of aromatic nitrogens is 3. The van der Waals surface area contributed by atoms with Gasteiger partial charge < -0.3 is 4.42 Å². The van der Waals surface area contributed by atoms with Crippen LogP contribution in [0, 0.1) is 11.3 Å².